The number of nitrogens with zero attached hydrogens (tertiary/aromatic N) is 5. The van der Waals surface area contributed by atoms with Gasteiger partial charge in [0.05, 0.1) is 24.9 Å². The maximum Gasteiger partial charge on any atom is 0.243 e. The molecule has 4 heterocycles. The number of hydrogen-bond acceptors (Lipinski definition) is 7. The molecule has 0 aromatic carbocycles. The van der Waals surface area contributed by atoms with E-state index in [1.54, 1.807) is 15.4 Å². The number of halogens is 1. The van der Waals surface area contributed by atoms with Gasteiger partial charge < -0.3 is 19.5 Å². The second-order valence-corrected chi connectivity index (χ2v) is 7.82. The molecule has 0 saturated carbocycles. The quantitative estimate of drug-likeness (QED) is 0.583. The van der Waals surface area contributed by atoms with Crippen LogP contribution in [0.1, 0.15) is 40.3 Å². The average Bonchev–Trinajstić information content (AvgIpc) is 3.37. The molecule has 1 fully saturated rings. The zero-order valence-electron chi connectivity index (χ0n) is 18.3. The van der Waals surface area contributed by atoms with Gasteiger partial charge in [0, 0.05) is 36.7 Å². The Labute approximate surface area is 180 Å². The predicted octanol–water partition coefficient (Wildman–Crippen LogP) is 3.47. The lowest BCUT2D eigenvalue weighted by Gasteiger charge is -2.26. The molecule has 3 aromatic heterocycles. The van der Waals surface area contributed by atoms with E-state index in [0.717, 1.165) is 11.1 Å². The van der Waals surface area contributed by atoms with Crippen molar-refractivity contribution in [2.45, 2.75) is 58.7 Å². The van der Waals surface area contributed by atoms with Crippen molar-refractivity contribution in [3.05, 3.63) is 24.7 Å². The van der Waals surface area contributed by atoms with Crippen molar-refractivity contribution >= 4 is 11.6 Å². The van der Waals surface area contributed by atoms with Crippen LogP contribution in [0.5, 0.6) is 5.75 Å². The van der Waals surface area contributed by atoms with Gasteiger partial charge in [-0.15, -0.1) is 5.10 Å². The van der Waals surface area contributed by atoms with Crippen LogP contribution in [-0.4, -0.2) is 62.5 Å². The Kier molecular flexibility index (Phi) is 6.38. The summed E-state index contributed by atoms with van der Waals surface area (Å²) in [6, 6.07) is 1.54. The molecule has 0 bridgehead atoms. The molecule has 1 N–H and O–H groups in total. The highest BCUT2D eigenvalue weighted by atomic mass is 19.1. The molecule has 0 radical (unpaired) electrons. The van der Waals surface area contributed by atoms with E-state index in [2.05, 4.69) is 20.5 Å². The van der Waals surface area contributed by atoms with Gasteiger partial charge in [0.25, 0.3) is 0 Å². The summed E-state index contributed by atoms with van der Waals surface area (Å²) >= 11 is 0. The zero-order valence-corrected chi connectivity index (χ0v) is 18.3. The third-order valence-electron chi connectivity index (χ3n) is 5.11. The van der Waals surface area contributed by atoms with Crippen molar-refractivity contribution < 1.29 is 18.6 Å². The first-order valence-corrected chi connectivity index (χ1v) is 10.7. The van der Waals surface area contributed by atoms with Crippen LogP contribution in [0.15, 0.2) is 24.7 Å². The lowest BCUT2D eigenvalue weighted by Crippen LogP contribution is -2.39. The summed E-state index contributed by atoms with van der Waals surface area (Å²) in [5.74, 6) is 0.964. The van der Waals surface area contributed by atoms with E-state index in [9.17, 15) is 4.39 Å². The van der Waals surface area contributed by atoms with Gasteiger partial charge in [0.15, 0.2) is 11.4 Å². The molecule has 31 heavy (non-hydrogen) atoms. The number of pyridine rings is 1. The first kappa shape index (κ1) is 21.5. The number of aromatic nitrogens is 5. The normalized spacial score (nSPS) is 20.3. The maximum atomic E-state index is 14.2. The Morgan fingerprint density at radius 2 is 2.19 bits per heavy atom. The number of alkyl halides is 1. The van der Waals surface area contributed by atoms with Gasteiger partial charge in [-0.05, 0) is 40.2 Å². The summed E-state index contributed by atoms with van der Waals surface area (Å²) in [4.78, 5) is 4.61. The molecular formula is C21H29FN6O3. The molecule has 9 nitrogen and oxygen atoms in total. The van der Waals surface area contributed by atoms with Crippen LogP contribution < -0.4 is 10.1 Å². The highest BCUT2D eigenvalue weighted by Crippen LogP contribution is 2.34. The number of hydrogen-bond donors (Lipinski definition) is 1. The first-order valence-electron chi connectivity index (χ1n) is 10.7. The third-order valence-corrected chi connectivity index (χ3v) is 5.11. The second kappa shape index (κ2) is 9.19. The molecule has 1 unspecified atom stereocenters. The van der Waals surface area contributed by atoms with Gasteiger partial charge in [-0.2, -0.15) is 10.1 Å². The summed E-state index contributed by atoms with van der Waals surface area (Å²) in [5, 5.41) is 12.0. The first-order chi connectivity index (χ1) is 15.0. The van der Waals surface area contributed by atoms with Crippen molar-refractivity contribution in [3.8, 4) is 16.9 Å². The van der Waals surface area contributed by atoms with Gasteiger partial charge in [0.1, 0.15) is 12.4 Å². The Morgan fingerprint density at radius 3 is 2.94 bits per heavy atom. The molecule has 0 spiro atoms. The minimum Gasteiger partial charge on any atom is -0.486 e. The van der Waals surface area contributed by atoms with Crippen LogP contribution in [0, 0.1) is 0 Å². The smallest absolute Gasteiger partial charge is 0.243 e. The van der Waals surface area contributed by atoms with E-state index >= 15 is 0 Å². The fourth-order valence-corrected chi connectivity index (χ4v) is 3.59. The number of ether oxygens (including phenoxy) is 3. The number of nitrogens with one attached hydrogen (secondary N) is 1. The summed E-state index contributed by atoms with van der Waals surface area (Å²) < 4.78 is 34.5. The molecule has 3 aromatic rings. The van der Waals surface area contributed by atoms with E-state index < -0.39 is 6.17 Å². The lowest BCUT2D eigenvalue weighted by atomic mass is 10.1. The van der Waals surface area contributed by atoms with E-state index in [1.165, 1.54) is 0 Å². The van der Waals surface area contributed by atoms with Gasteiger partial charge in [-0.1, -0.05) is 0 Å². The van der Waals surface area contributed by atoms with E-state index in [0.29, 0.717) is 37.0 Å². The standard InChI is InChI=1S/C21H29FN6O3/c1-5-30-14(4)28-11-15(10-23-28)16-6-8-27-20(19(16)31-13(2)3)25-21(26-27)24-18-7-9-29-12-17(18)22/h6,8,10-11,13-14,17-18H,5,7,9,12H2,1-4H3,(H,24,26)/t14?,17-,18+/m1/s1. The molecule has 1 aliphatic rings. The van der Waals surface area contributed by atoms with E-state index in [4.69, 9.17) is 14.2 Å². The monoisotopic (exact) mass is 432 g/mol. The number of fused-ring (bicyclic) bond motifs is 1. The van der Waals surface area contributed by atoms with Crippen molar-refractivity contribution in [3.63, 3.8) is 0 Å². The van der Waals surface area contributed by atoms with Crippen molar-refractivity contribution in [2.75, 3.05) is 25.1 Å². The topological polar surface area (TPSA) is 87.7 Å². The highest BCUT2D eigenvalue weighted by molar-refractivity contribution is 5.77. The Hall–Kier alpha value is -2.72. The minimum atomic E-state index is -1.10. The fourth-order valence-electron chi connectivity index (χ4n) is 3.59. The van der Waals surface area contributed by atoms with Gasteiger partial charge >= 0.3 is 0 Å². The van der Waals surface area contributed by atoms with Crippen LogP contribution in [0.4, 0.5) is 10.3 Å². The van der Waals surface area contributed by atoms with Crippen molar-refractivity contribution in [2.24, 2.45) is 0 Å². The Bertz CT molecular complexity index is 1020. The van der Waals surface area contributed by atoms with Crippen LogP contribution in [0.2, 0.25) is 0 Å². The summed E-state index contributed by atoms with van der Waals surface area (Å²) in [6.45, 7) is 9.01. The summed E-state index contributed by atoms with van der Waals surface area (Å²) in [6.07, 6.45) is 4.74. The minimum absolute atomic E-state index is 0.0684. The van der Waals surface area contributed by atoms with Crippen LogP contribution >= 0.6 is 0 Å². The molecule has 0 aliphatic carbocycles. The van der Waals surface area contributed by atoms with Crippen molar-refractivity contribution in [1.82, 2.24) is 24.4 Å². The van der Waals surface area contributed by atoms with Crippen LogP contribution in [0.25, 0.3) is 16.8 Å². The van der Waals surface area contributed by atoms with Gasteiger partial charge in [-0.3, -0.25) is 0 Å². The zero-order chi connectivity index (χ0) is 22.0. The molecular weight excluding hydrogens is 403 g/mol. The molecule has 1 aliphatic heterocycles. The van der Waals surface area contributed by atoms with Crippen LogP contribution in [0.3, 0.4) is 0 Å². The fraction of sp³-hybridized carbons (Fsp3) is 0.571. The highest BCUT2D eigenvalue weighted by Gasteiger charge is 2.27. The van der Waals surface area contributed by atoms with Crippen molar-refractivity contribution in [1.29, 1.82) is 0 Å². The molecule has 168 valence electrons. The summed E-state index contributed by atoms with van der Waals surface area (Å²) in [7, 11) is 0. The lowest BCUT2D eigenvalue weighted by molar-refractivity contribution is 0.0160. The molecule has 3 atom stereocenters. The van der Waals surface area contributed by atoms with Gasteiger partial charge in [-0.25, -0.2) is 13.6 Å². The number of anilines is 1. The third kappa shape index (κ3) is 4.64. The average molecular weight is 433 g/mol. The Morgan fingerprint density at radius 1 is 1.35 bits per heavy atom. The SMILES string of the molecule is CCOC(C)n1cc(-c2ccn3nc(N[C@H]4CCOC[C@H]4F)nc3c2OC(C)C)cn1. The second-order valence-electron chi connectivity index (χ2n) is 7.82. The Balaban J connectivity index is 1.69. The number of rotatable bonds is 8. The molecule has 10 heteroatoms. The molecule has 0 amide bonds. The largest absolute Gasteiger partial charge is 0.486 e. The maximum absolute atomic E-state index is 14.2. The summed E-state index contributed by atoms with van der Waals surface area (Å²) in [5.41, 5.74) is 2.29. The van der Waals surface area contributed by atoms with E-state index in [1.807, 2.05) is 46.2 Å². The van der Waals surface area contributed by atoms with Crippen LogP contribution in [-0.2, 0) is 9.47 Å². The van der Waals surface area contributed by atoms with Gasteiger partial charge in [0.2, 0.25) is 5.95 Å². The molecule has 4 rings (SSSR count). The predicted molar refractivity (Wildman–Crippen MR) is 114 cm³/mol. The molecule has 1 saturated heterocycles. The van der Waals surface area contributed by atoms with E-state index in [-0.39, 0.29) is 25.0 Å².